The van der Waals surface area contributed by atoms with E-state index in [0.29, 0.717) is 0 Å². The van der Waals surface area contributed by atoms with Crippen LogP contribution in [-0.2, 0) is 13.1 Å². The number of pyridine rings is 2. The first-order valence-electron chi connectivity index (χ1n) is 10.1. The number of para-hydroxylation sites is 1. The molecule has 10 heteroatoms. The molecule has 0 aliphatic rings. The van der Waals surface area contributed by atoms with Gasteiger partial charge < -0.3 is 41.2 Å². The molecule has 0 spiro atoms. The van der Waals surface area contributed by atoms with Crippen molar-refractivity contribution >= 4 is 52.3 Å². The fourth-order valence-corrected chi connectivity index (χ4v) is 3.71. The van der Waals surface area contributed by atoms with Gasteiger partial charge in [-0.3, -0.25) is 0 Å². The topological polar surface area (TPSA) is 7.76 Å². The average Bonchev–Trinajstić information content (AvgIpc) is 2.73. The SMILES string of the molecule is CC[n+]1c(C)ccc2ccccc21.CC[n+]1ccc(Cl)c2ccc(Cl)cc21.F[B-](F)(F)F.[I-]. The predicted octanol–water partition coefficient (Wildman–Crippen LogP) is 4.21. The van der Waals surface area contributed by atoms with E-state index in [-0.39, 0.29) is 24.0 Å². The van der Waals surface area contributed by atoms with Crippen LogP contribution in [0.15, 0.2) is 66.9 Å². The number of aryl methyl sites for hydroxylation is 3. The molecular formula is C23H24BCl2F4IN2. The molecule has 2 aromatic heterocycles. The molecule has 4 rings (SSSR count). The highest BCUT2D eigenvalue weighted by molar-refractivity contribution is 6.50. The largest absolute Gasteiger partial charge is 1.00 e. The lowest BCUT2D eigenvalue weighted by Gasteiger charge is -2.01. The summed E-state index contributed by atoms with van der Waals surface area (Å²) < 4.78 is 43.4. The Morgan fingerprint density at radius 2 is 1.45 bits per heavy atom. The molecular weight excluding hydrogens is 589 g/mol. The van der Waals surface area contributed by atoms with Gasteiger partial charge in [-0.25, -0.2) is 0 Å². The molecule has 0 fully saturated rings. The van der Waals surface area contributed by atoms with Crippen molar-refractivity contribution in [2.75, 3.05) is 0 Å². The van der Waals surface area contributed by atoms with Crippen LogP contribution in [0.25, 0.3) is 21.8 Å². The Morgan fingerprint density at radius 1 is 0.818 bits per heavy atom. The summed E-state index contributed by atoms with van der Waals surface area (Å²) in [5, 5.41) is 3.86. The number of rotatable bonds is 2. The molecule has 2 aromatic carbocycles. The van der Waals surface area contributed by atoms with Gasteiger partial charge >= 0.3 is 7.25 Å². The molecule has 178 valence electrons. The highest BCUT2D eigenvalue weighted by Crippen LogP contribution is 2.23. The average molecular weight is 613 g/mol. The number of halogens is 7. The first-order chi connectivity index (χ1) is 15.0. The lowest BCUT2D eigenvalue weighted by molar-refractivity contribution is -0.673. The van der Waals surface area contributed by atoms with Crippen LogP contribution in [0.5, 0.6) is 0 Å². The fourth-order valence-electron chi connectivity index (χ4n) is 3.33. The van der Waals surface area contributed by atoms with Crippen LogP contribution in [0.1, 0.15) is 19.5 Å². The Hall–Kier alpha value is -1.65. The first kappa shape index (κ1) is 29.4. The van der Waals surface area contributed by atoms with Crippen molar-refractivity contribution in [3.63, 3.8) is 0 Å². The molecule has 0 amide bonds. The van der Waals surface area contributed by atoms with E-state index in [1.807, 2.05) is 30.5 Å². The Bertz CT molecular complexity index is 1200. The third-order valence-electron chi connectivity index (χ3n) is 4.74. The Kier molecular flexibility index (Phi) is 11.8. The maximum Gasteiger partial charge on any atom is 0.673 e. The molecule has 0 N–H and O–H groups in total. The van der Waals surface area contributed by atoms with Crippen LogP contribution in [-0.4, -0.2) is 7.25 Å². The normalized spacial score (nSPS) is 10.6. The van der Waals surface area contributed by atoms with Gasteiger partial charge in [0.15, 0.2) is 11.9 Å². The van der Waals surface area contributed by atoms with Crippen molar-refractivity contribution < 1.29 is 50.4 Å². The quantitative estimate of drug-likeness (QED) is 0.139. The van der Waals surface area contributed by atoms with E-state index in [0.717, 1.165) is 34.0 Å². The van der Waals surface area contributed by atoms with E-state index in [2.05, 4.69) is 66.3 Å². The maximum atomic E-state index is 9.75. The number of benzene rings is 2. The van der Waals surface area contributed by atoms with Crippen LogP contribution in [0.2, 0.25) is 10.0 Å². The van der Waals surface area contributed by atoms with E-state index in [1.165, 1.54) is 16.6 Å². The van der Waals surface area contributed by atoms with Crippen molar-refractivity contribution in [3.8, 4) is 0 Å². The highest BCUT2D eigenvalue weighted by Gasteiger charge is 2.20. The molecule has 2 nitrogen and oxygen atoms in total. The van der Waals surface area contributed by atoms with Gasteiger partial charge in [0.25, 0.3) is 0 Å². The second-order valence-electron chi connectivity index (χ2n) is 6.88. The standard InChI is InChI=1S/C12H14N.C11H10Cl2N.BF4.HI/c1-3-13-10(2)8-9-11-6-4-5-7-12(11)13;1-2-14-6-5-10(13)9-4-3-8(12)7-11(9)14;2-1(3,4)5;/h4-9H,3H2,1-2H3;3-7H,2H2,1H3;;1H/q2*+1;-1;/p-1. The second kappa shape index (κ2) is 13.3. The third-order valence-corrected chi connectivity index (χ3v) is 5.31. The second-order valence-corrected chi connectivity index (χ2v) is 7.73. The van der Waals surface area contributed by atoms with Crippen LogP contribution in [0.3, 0.4) is 0 Å². The zero-order chi connectivity index (χ0) is 23.9. The summed E-state index contributed by atoms with van der Waals surface area (Å²) in [7, 11) is -6.00. The van der Waals surface area contributed by atoms with Crippen LogP contribution in [0, 0.1) is 6.92 Å². The van der Waals surface area contributed by atoms with Crippen molar-refractivity contribution in [2.24, 2.45) is 0 Å². The van der Waals surface area contributed by atoms with Gasteiger partial charge in [0, 0.05) is 41.6 Å². The van der Waals surface area contributed by atoms with Gasteiger partial charge in [0.2, 0.25) is 11.0 Å². The van der Waals surface area contributed by atoms with E-state index >= 15 is 0 Å². The van der Waals surface area contributed by atoms with Gasteiger partial charge in [-0.05, 0) is 38.1 Å². The number of fused-ring (bicyclic) bond motifs is 2. The monoisotopic (exact) mass is 612 g/mol. The summed E-state index contributed by atoms with van der Waals surface area (Å²) in [6, 6.07) is 20.5. The third kappa shape index (κ3) is 8.90. The maximum absolute atomic E-state index is 9.75. The van der Waals surface area contributed by atoms with Gasteiger partial charge in [0.05, 0.1) is 10.4 Å². The van der Waals surface area contributed by atoms with Gasteiger partial charge in [0.1, 0.15) is 13.1 Å². The first-order valence-corrected chi connectivity index (χ1v) is 10.8. The molecule has 0 saturated heterocycles. The van der Waals surface area contributed by atoms with Crippen molar-refractivity contribution in [1.82, 2.24) is 0 Å². The van der Waals surface area contributed by atoms with Gasteiger partial charge in [-0.1, -0.05) is 35.3 Å². The fraction of sp³-hybridized carbons (Fsp3) is 0.217. The number of hydrogen-bond donors (Lipinski definition) is 0. The van der Waals surface area contributed by atoms with Crippen LogP contribution in [0.4, 0.5) is 17.3 Å². The Labute approximate surface area is 218 Å². The molecule has 0 radical (unpaired) electrons. The molecule has 0 bridgehead atoms. The smallest absolute Gasteiger partial charge is 0.673 e. The Balaban J connectivity index is 0.000000269. The molecule has 33 heavy (non-hydrogen) atoms. The lowest BCUT2D eigenvalue weighted by Crippen LogP contribution is -3.00. The predicted molar refractivity (Wildman–Crippen MR) is 125 cm³/mol. The van der Waals surface area contributed by atoms with Gasteiger partial charge in [-0.15, -0.1) is 0 Å². The van der Waals surface area contributed by atoms with E-state index in [1.54, 1.807) is 0 Å². The van der Waals surface area contributed by atoms with E-state index < -0.39 is 7.25 Å². The van der Waals surface area contributed by atoms with E-state index in [9.17, 15) is 17.3 Å². The van der Waals surface area contributed by atoms with Gasteiger partial charge in [-0.2, -0.15) is 9.13 Å². The summed E-state index contributed by atoms with van der Waals surface area (Å²) in [4.78, 5) is 0. The van der Waals surface area contributed by atoms with Crippen molar-refractivity contribution in [1.29, 1.82) is 0 Å². The van der Waals surface area contributed by atoms with Crippen LogP contribution < -0.4 is 33.1 Å². The zero-order valence-electron chi connectivity index (χ0n) is 18.4. The minimum Gasteiger partial charge on any atom is -1.00 e. The summed E-state index contributed by atoms with van der Waals surface area (Å²) in [5.41, 5.74) is 3.72. The minimum absolute atomic E-state index is 0. The highest BCUT2D eigenvalue weighted by atomic mass is 127. The molecule has 4 aromatic rings. The molecule has 2 heterocycles. The van der Waals surface area contributed by atoms with E-state index in [4.69, 9.17) is 23.2 Å². The molecule has 0 saturated carbocycles. The summed E-state index contributed by atoms with van der Waals surface area (Å²) >= 11 is 12.0. The summed E-state index contributed by atoms with van der Waals surface area (Å²) in [5.74, 6) is 0. The number of aromatic nitrogens is 2. The van der Waals surface area contributed by atoms with Crippen LogP contribution >= 0.6 is 23.2 Å². The zero-order valence-corrected chi connectivity index (χ0v) is 22.1. The number of hydrogen-bond acceptors (Lipinski definition) is 0. The summed E-state index contributed by atoms with van der Waals surface area (Å²) in [6.07, 6.45) is 1.97. The molecule has 0 aliphatic heterocycles. The Morgan fingerprint density at radius 3 is 2.06 bits per heavy atom. The lowest BCUT2D eigenvalue weighted by atomic mass is 10.2. The summed E-state index contributed by atoms with van der Waals surface area (Å²) in [6.45, 7) is 8.37. The molecule has 0 unspecified atom stereocenters. The molecule has 0 aliphatic carbocycles. The van der Waals surface area contributed by atoms with Crippen molar-refractivity contribution in [3.05, 3.63) is 82.6 Å². The number of nitrogens with zero attached hydrogens (tertiary/aromatic N) is 2. The van der Waals surface area contributed by atoms with Crippen molar-refractivity contribution in [2.45, 2.75) is 33.9 Å². The molecule has 0 atom stereocenters. The minimum atomic E-state index is -6.00.